The lowest BCUT2D eigenvalue weighted by Gasteiger charge is -2.27. The molecule has 0 saturated heterocycles. The third-order valence-corrected chi connectivity index (χ3v) is 4.52. The minimum atomic E-state index is -4.89. The molecule has 3 rings (SSSR count). The number of amides is 2. The number of nitrogens with one attached hydrogen (secondary N) is 2. The number of carbonyl (C=O) groups is 2. The molecule has 1 aliphatic heterocycles. The minimum Gasteiger partial charge on any atom is -0.315 e. The molecular formula is C20H16F6N4O2. The number of benzene rings is 2. The maximum absolute atomic E-state index is 13.4. The van der Waals surface area contributed by atoms with Crippen molar-refractivity contribution in [3.8, 4) is 0 Å². The van der Waals surface area contributed by atoms with Gasteiger partial charge in [-0.15, -0.1) is 0 Å². The second-order valence-corrected chi connectivity index (χ2v) is 6.86. The number of hydrazone groups is 1. The second kappa shape index (κ2) is 8.52. The lowest BCUT2D eigenvalue weighted by molar-refractivity contribution is -0.137. The maximum Gasteiger partial charge on any atom is 0.431 e. The van der Waals surface area contributed by atoms with E-state index >= 15 is 0 Å². The SMILES string of the molecule is CC(=O)c1cccc(NC(=O)NC2CC(C(F)(F)F)=NN2c2ccccc2C(F)(F)F)c1. The van der Waals surface area contributed by atoms with Crippen molar-refractivity contribution in [1.29, 1.82) is 0 Å². The summed E-state index contributed by atoms with van der Waals surface area (Å²) in [5, 5.41) is 8.38. The van der Waals surface area contributed by atoms with Crippen molar-refractivity contribution < 1.29 is 35.9 Å². The predicted molar refractivity (Wildman–Crippen MR) is 104 cm³/mol. The van der Waals surface area contributed by atoms with Gasteiger partial charge in [-0.2, -0.15) is 31.4 Å². The summed E-state index contributed by atoms with van der Waals surface area (Å²) in [6.45, 7) is 1.31. The molecule has 32 heavy (non-hydrogen) atoms. The summed E-state index contributed by atoms with van der Waals surface area (Å²) in [6, 6.07) is 8.78. The van der Waals surface area contributed by atoms with Crippen molar-refractivity contribution in [1.82, 2.24) is 5.32 Å². The topological polar surface area (TPSA) is 73.8 Å². The summed E-state index contributed by atoms with van der Waals surface area (Å²) in [5.41, 5.74) is -2.71. The normalized spacial score (nSPS) is 16.5. The summed E-state index contributed by atoms with van der Waals surface area (Å²) in [7, 11) is 0. The number of rotatable bonds is 4. The average molecular weight is 458 g/mol. The average Bonchev–Trinajstić information content (AvgIpc) is 3.11. The molecule has 170 valence electrons. The van der Waals surface area contributed by atoms with Gasteiger partial charge in [0.1, 0.15) is 11.9 Å². The molecule has 0 aromatic heterocycles. The number of hydrogen-bond donors (Lipinski definition) is 2. The Hall–Kier alpha value is -3.57. The molecule has 0 bridgehead atoms. The molecule has 0 radical (unpaired) electrons. The third-order valence-electron chi connectivity index (χ3n) is 4.52. The second-order valence-electron chi connectivity index (χ2n) is 6.86. The van der Waals surface area contributed by atoms with Gasteiger partial charge in [0.05, 0.1) is 11.3 Å². The van der Waals surface area contributed by atoms with Crippen LogP contribution in [0, 0.1) is 0 Å². The molecule has 0 saturated carbocycles. The Morgan fingerprint density at radius 3 is 2.31 bits per heavy atom. The largest absolute Gasteiger partial charge is 0.431 e. The number of carbonyl (C=O) groups excluding carboxylic acids is 2. The van der Waals surface area contributed by atoms with Gasteiger partial charge in [0.15, 0.2) is 5.78 Å². The molecule has 0 aliphatic carbocycles. The molecule has 0 fully saturated rings. The summed E-state index contributed by atoms with van der Waals surface area (Å²) >= 11 is 0. The van der Waals surface area contributed by atoms with Crippen LogP contribution in [0.25, 0.3) is 0 Å². The van der Waals surface area contributed by atoms with Crippen molar-refractivity contribution in [3.05, 3.63) is 59.7 Å². The molecule has 1 unspecified atom stereocenters. The molecule has 2 aromatic rings. The van der Waals surface area contributed by atoms with E-state index in [4.69, 9.17) is 0 Å². The van der Waals surface area contributed by atoms with E-state index < -0.39 is 47.9 Å². The number of alkyl halides is 6. The highest BCUT2D eigenvalue weighted by molar-refractivity contribution is 5.98. The number of Topliss-reactive ketones (excluding diaryl/α,β-unsaturated/α-hetero) is 1. The van der Waals surface area contributed by atoms with E-state index in [1.54, 1.807) is 0 Å². The van der Waals surface area contributed by atoms with Gasteiger partial charge < -0.3 is 10.6 Å². The van der Waals surface area contributed by atoms with E-state index in [-0.39, 0.29) is 17.0 Å². The van der Waals surface area contributed by atoms with E-state index in [1.807, 2.05) is 0 Å². The van der Waals surface area contributed by atoms with Crippen LogP contribution in [0.2, 0.25) is 0 Å². The lowest BCUT2D eigenvalue weighted by Crippen LogP contribution is -2.46. The number of para-hydroxylation sites is 1. The molecule has 6 nitrogen and oxygen atoms in total. The van der Waals surface area contributed by atoms with Gasteiger partial charge in [0, 0.05) is 17.7 Å². The number of nitrogens with zero attached hydrogens (tertiary/aromatic N) is 2. The van der Waals surface area contributed by atoms with Gasteiger partial charge in [-0.3, -0.25) is 4.79 Å². The first-order valence-corrected chi connectivity index (χ1v) is 9.15. The lowest BCUT2D eigenvalue weighted by atomic mass is 10.1. The first-order valence-electron chi connectivity index (χ1n) is 9.15. The summed E-state index contributed by atoms with van der Waals surface area (Å²) < 4.78 is 79.8. The fourth-order valence-electron chi connectivity index (χ4n) is 3.06. The Morgan fingerprint density at radius 1 is 1.00 bits per heavy atom. The first kappa shape index (κ1) is 23.1. The highest BCUT2D eigenvalue weighted by Crippen LogP contribution is 2.39. The smallest absolute Gasteiger partial charge is 0.315 e. The molecule has 1 atom stereocenters. The van der Waals surface area contributed by atoms with Gasteiger partial charge in [0.25, 0.3) is 0 Å². The van der Waals surface area contributed by atoms with Gasteiger partial charge in [-0.25, -0.2) is 9.80 Å². The minimum absolute atomic E-state index is 0.174. The van der Waals surface area contributed by atoms with Crippen LogP contribution in [0.1, 0.15) is 29.3 Å². The maximum atomic E-state index is 13.4. The number of urea groups is 1. The zero-order chi connectivity index (χ0) is 23.7. The zero-order valence-electron chi connectivity index (χ0n) is 16.4. The highest BCUT2D eigenvalue weighted by atomic mass is 19.4. The van der Waals surface area contributed by atoms with Crippen molar-refractivity contribution in [2.75, 3.05) is 10.3 Å². The van der Waals surface area contributed by atoms with Crippen molar-refractivity contribution in [2.24, 2.45) is 5.10 Å². The molecule has 0 spiro atoms. The van der Waals surface area contributed by atoms with Gasteiger partial charge in [0.2, 0.25) is 0 Å². The molecule has 2 aromatic carbocycles. The molecule has 1 aliphatic rings. The van der Waals surface area contributed by atoms with E-state index in [0.29, 0.717) is 11.1 Å². The molecular weight excluding hydrogens is 442 g/mol. The Morgan fingerprint density at radius 2 is 1.69 bits per heavy atom. The van der Waals surface area contributed by atoms with Crippen LogP contribution < -0.4 is 15.6 Å². The predicted octanol–water partition coefficient (Wildman–Crippen LogP) is 5.18. The quantitative estimate of drug-likeness (QED) is 0.490. The standard InChI is InChI=1S/C20H16F6N4O2/c1-11(31)12-5-4-6-13(9-12)27-18(32)28-17-10-16(20(24,25)26)29-30(17)15-8-3-2-7-14(15)19(21,22)23/h2-9,17H,10H2,1H3,(H2,27,28,32). The molecule has 2 N–H and O–H groups in total. The molecule has 1 heterocycles. The van der Waals surface area contributed by atoms with Gasteiger partial charge >= 0.3 is 18.4 Å². The number of hydrogen-bond acceptors (Lipinski definition) is 4. The van der Waals surface area contributed by atoms with E-state index in [0.717, 1.165) is 12.1 Å². The van der Waals surface area contributed by atoms with Gasteiger partial charge in [-0.1, -0.05) is 24.3 Å². The Labute approximate surface area is 177 Å². The fraction of sp³-hybridized carbons (Fsp3) is 0.250. The monoisotopic (exact) mass is 458 g/mol. The van der Waals surface area contributed by atoms with Crippen LogP contribution in [-0.2, 0) is 6.18 Å². The Balaban J connectivity index is 1.88. The summed E-state index contributed by atoms with van der Waals surface area (Å²) in [4.78, 5) is 23.8. The number of ketones is 1. The van der Waals surface area contributed by atoms with E-state index in [1.165, 1.54) is 37.3 Å². The Kier molecular flexibility index (Phi) is 6.15. The van der Waals surface area contributed by atoms with Gasteiger partial charge in [-0.05, 0) is 31.2 Å². The summed E-state index contributed by atoms with van der Waals surface area (Å²) in [5.74, 6) is -0.275. The van der Waals surface area contributed by atoms with E-state index in [2.05, 4.69) is 15.7 Å². The summed E-state index contributed by atoms with van der Waals surface area (Å²) in [6.07, 6.45) is -12.1. The van der Waals surface area contributed by atoms with Crippen LogP contribution >= 0.6 is 0 Å². The zero-order valence-corrected chi connectivity index (χ0v) is 16.4. The van der Waals surface area contributed by atoms with Crippen molar-refractivity contribution in [3.63, 3.8) is 0 Å². The number of halogens is 6. The van der Waals surface area contributed by atoms with Crippen molar-refractivity contribution in [2.45, 2.75) is 31.9 Å². The van der Waals surface area contributed by atoms with Crippen LogP contribution in [0.4, 0.5) is 42.5 Å². The van der Waals surface area contributed by atoms with E-state index in [9.17, 15) is 35.9 Å². The third kappa shape index (κ3) is 5.18. The van der Waals surface area contributed by atoms with Crippen LogP contribution in [0.5, 0.6) is 0 Å². The Bertz CT molecular complexity index is 1060. The van der Waals surface area contributed by atoms with Crippen LogP contribution in [0.3, 0.4) is 0 Å². The molecule has 12 heteroatoms. The fourth-order valence-corrected chi connectivity index (χ4v) is 3.06. The number of anilines is 2. The van der Waals surface area contributed by atoms with Crippen LogP contribution in [0.15, 0.2) is 53.6 Å². The highest BCUT2D eigenvalue weighted by Gasteiger charge is 2.45. The first-order chi connectivity index (χ1) is 14.9. The molecule has 2 amide bonds. The van der Waals surface area contributed by atoms with Crippen LogP contribution in [-0.4, -0.2) is 29.9 Å². The van der Waals surface area contributed by atoms with Crippen molar-refractivity contribution >= 4 is 28.9 Å².